The van der Waals surface area contributed by atoms with Gasteiger partial charge in [0.1, 0.15) is 5.82 Å². The van der Waals surface area contributed by atoms with Crippen LogP contribution in [0.3, 0.4) is 0 Å². The smallest absolute Gasteiger partial charge is 0.329 e. The van der Waals surface area contributed by atoms with Crippen molar-refractivity contribution in [2.45, 2.75) is 6.92 Å². The van der Waals surface area contributed by atoms with Crippen molar-refractivity contribution in [3.63, 3.8) is 0 Å². The second kappa shape index (κ2) is 13.0. The largest absolute Gasteiger partial charge is 0.493 e. The Kier molecular flexibility index (Phi) is 9.80. The summed E-state index contributed by atoms with van der Waals surface area (Å²) in [7, 11) is 1.44. The molecule has 3 aromatic carbocycles. The molecule has 0 aromatic heterocycles. The summed E-state index contributed by atoms with van der Waals surface area (Å²) in [6.07, 6.45) is 1.31. The van der Waals surface area contributed by atoms with Gasteiger partial charge < -0.3 is 20.1 Å². The van der Waals surface area contributed by atoms with Crippen LogP contribution in [0.1, 0.15) is 11.1 Å². The van der Waals surface area contributed by atoms with Gasteiger partial charge in [-0.1, -0.05) is 17.7 Å². The molecule has 0 saturated heterocycles. The Balaban J connectivity index is 1.59. The highest BCUT2D eigenvalue weighted by atomic mass is 127. The normalized spacial score (nSPS) is 10.6. The van der Waals surface area contributed by atoms with Crippen molar-refractivity contribution in [2.24, 2.45) is 5.10 Å². The van der Waals surface area contributed by atoms with E-state index in [-0.39, 0.29) is 18.2 Å². The average molecular weight is 639 g/mol. The van der Waals surface area contributed by atoms with Gasteiger partial charge in [-0.15, -0.1) is 0 Å². The predicted octanol–water partition coefficient (Wildman–Crippen LogP) is 4.51. The maximum absolute atomic E-state index is 13.0. The number of aryl methyl sites for hydroxylation is 1. The van der Waals surface area contributed by atoms with Crippen molar-refractivity contribution in [1.82, 2.24) is 5.43 Å². The number of carbonyl (C=O) groups is 3. The third kappa shape index (κ3) is 8.15. The maximum atomic E-state index is 13.0. The van der Waals surface area contributed by atoms with Gasteiger partial charge >= 0.3 is 11.8 Å². The molecule has 0 aliphatic heterocycles. The van der Waals surface area contributed by atoms with Crippen LogP contribution in [0.4, 0.5) is 15.8 Å². The van der Waals surface area contributed by atoms with Crippen molar-refractivity contribution >= 4 is 69.5 Å². The van der Waals surface area contributed by atoms with Crippen LogP contribution in [0.15, 0.2) is 59.7 Å². The molecule has 3 N–H and O–H groups in total. The maximum Gasteiger partial charge on any atom is 0.329 e. The Labute approximate surface area is 230 Å². The highest BCUT2D eigenvalue weighted by Crippen LogP contribution is 2.33. The van der Waals surface area contributed by atoms with Crippen LogP contribution < -0.4 is 25.5 Å². The van der Waals surface area contributed by atoms with Gasteiger partial charge in [0.25, 0.3) is 5.91 Å². The average Bonchev–Trinajstić information content (AvgIpc) is 2.86. The quantitative estimate of drug-likeness (QED) is 0.145. The molecule has 0 aliphatic carbocycles. The summed E-state index contributed by atoms with van der Waals surface area (Å²) in [5, 5.41) is 9.36. The van der Waals surface area contributed by atoms with E-state index in [1.807, 2.05) is 29.5 Å². The van der Waals surface area contributed by atoms with Crippen LogP contribution >= 0.6 is 34.2 Å². The Bertz CT molecular complexity index is 1350. The Hall–Kier alpha value is -3.71. The van der Waals surface area contributed by atoms with Crippen LogP contribution in [-0.4, -0.2) is 37.7 Å². The van der Waals surface area contributed by atoms with E-state index in [0.717, 1.165) is 17.7 Å². The van der Waals surface area contributed by atoms with Gasteiger partial charge in [-0.2, -0.15) is 5.10 Å². The number of methoxy groups -OCH3 is 1. The SMILES string of the molecule is COc1cc(/C=N\NC(=O)C(=O)Nc2ccc(F)cc2)cc(I)c1OCC(=O)Nc1cc(Cl)ccc1C. The highest BCUT2D eigenvalue weighted by molar-refractivity contribution is 14.1. The molecule has 0 atom stereocenters. The molecule has 0 saturated carbocycles. The molecule has 37 heavy (non-hydrogen) atoms. The third-order valence-electron chi connectivity index (χ3n) is 4.76. The second-order valence-corrected chi connectivity index (χ2v) is 9.09. The number of rotatable bonds is 8. The lowest BCUT2D eigenvalue weighted by Crippen LogP contribution is -2.32. The van der Waals surface area contributed by atoms with Gasteiger partial charge in [-0.05, 0) is 89.2 Å². The number of benzene rings is 3. The topological polar surface area (TPSA) is 118 Å². The van der Waals surface area contributed by atoms with E-state index in [1.54, 1.807) is 30.3 Å². The standard InChI is InChI=1S/C25H21ClFIN4O5/c1-14-3-4-16(26)11-20(14)31-22(33)13-37-23-19(28)9-15(10-21(23)36-2)12-29-32-25(35)24(34)30-18-7-5-17(27)6-8-18/h3-12H,13H2,1-2H3,(H,30,34)(H,31,33)(H,32,35)/b29-12-. The fourth-order valence-electron chi connectivity index (χ4n) is 2.94. The van der Waals surface area contributed by atoms with Gasteiger partial charge in [0, 0.05) is 16.4 Å². The molecular weight excluding hydrogens is 618 g/mol. The summed E-state index contributed by atoms with van der Waals surface area (Å²) in [5.41, 5.74) is 4.35. The first-order chi connectivity index (χ1) is 17.7. The molecule has 0 spiro atoms. The first-order valence-electron chi connectivity index (χ1n) is 10.6. The monoisotopic (exact) mass is 638 g/mol. The molecule has 9 nitrogen and oxygen atoms in total. The Morgan fingerprint density at radius 3 is 2.49 bits per heavy atom. The lowest BCUT2D eigenvalue weighted by atomic mass is 10.2. The van der Waals surface area contributed by atoms with Gasteiger partial charge in [0.15, 0.2) is 18.1 Å². The number of ether oxygens (including phenoxy) is 2. The van der Waals surface area contributed by atoms with Crippen molar-refractivity contribution in [3.8, 4) is 11.5 Å². The molecule has 0 radical (unpaired) electrons. The molecule has 12 heteroatoms. The van der Waals surface area contributed by atoms with Crippen LogP contribution in [-0.2, 0) is 14.4 Å². The van der Waals surface area contributed by atoms with E-state index in [0.29, 0.717) is 31.3 Å². The van der Waals surface area contributed by atoms with Gasteiger partial charge in [0.2, 0.25) is 0 Å². The molecule has 0 heterocycles. The number of carbonyl (C=O) groups excluding carboxylic acids is 3. The second-order valence-electron chi connectivity index (χ2n) is 7.49. The molecule has 192 valence electrons. The molecule has 0 fully saturated rings. The number of nitrogens with zero attached hydrogens (tertiary/aromatic N) is 1. The summed E-state index contributed by atoms with van der Waals surface area (Å²) in [5.74, 6) is -2.14. The molecule has 3 amide bonds. The summed E-state index contributed by atoms with van der Waals surface area (Å²) in [6.45, 7) is 1.57. The molecule has 0 aliphatic rings. The fourth-order valence-corrected chi connectivity index (χ4v) is 3.90. The zero-order chi connectivity index (χ0) is 26.9. The van der Waals surface area contributed by atoms with Crippen LogP contribution in [0.5, 0.6) is 11.5 Å². The van der Waals surface area contributed by atoms with Crippen molar-refractivity contribution in [3.05, 3.63) is 80.1 Å². The Morgan fingerprint density at radius 1 is 1.05 bits per heavy atom. The lowest BCUT2D eigenvalue weighted by molar-refractivity contribution is -0.136. The van der Waals surface area contributed by atoms with Gasteiger partial charge in [0.05, 0.1) is 16.9 Å². The van der Waals surface area contributed by atoms with Crippen LogP contribution in [0.25, 0.3) is 0 Å². The van der Waals surface area contributed by atoms with E-state index in [9.17, 15) is 18.8 Å². The summed E-state index contributed by atoms with van der Waals surface area (Å²) in [4.78, 5) is 36.3. The number of hydrogen-bond donors (Lipinski definition) is 3. The minimum atomic E-state index is -1.01. The van der Waals surface area contributed by atoms with Crippen LogP contribution in [0.2, 0.25) is 5.02 Å². The predicted molar refractivity (Wildman–Crippen MR) is 147 cm³/mol. The number of anilines is 2. The van der Waals surface area contributed by atoms with Crippen molar-refractivity contribution < 1.29 is 28.2 Å². The minimum Gasteiger partial charge on any atom is -0.493 e. The Morgan fingerprint density at radius 2 is 1.78 bits per heavy atom. The van der Waals surface area contributed by atoms with E-state index in [4.69, 9.17) is 21.1 Å². The van der Waals surface area contributed by atoms with Crippen molar-refractivity contribution in [1.29, 1.82) is 0 Å². The molecule has 3 aromatic rings. The molecular formula is C25H21ClFIN4O5. The third-order valence-corrected chi connectivity index (χ3v) is 5.80. The van der Waals surface area contributed by atoms with Gasteiger partial charge in [-0.3, -0.25) is 14.4 Å². The zero-order valence-electron chi connectivity index (χ0n) is 19.6. The lowest BCUT2D eigenvalue weighted by Gasteiger charge is -2.14. The van der Waals surface area contributed by atoms with E-state index in [2.05, 4.69) is 21.2 Å². The number of hydrogen-bond acceptors (Lipinski definition) is 6. The fraction of sp³-hybridized carbons (Fsp3) is 0.120. The summed E-state index contributed by atoms with van der Waals surface area (Å²) < 4.78 is 24.6. The van der Waals surface area contributed by atoms with E-state index in [1.165, 1.54) is 25.5 Å². The number of halogens is 3. The number of hydrazone groups is 1. The van der Waals surface area contributed by atoms with E-state index < -0.39 is 17.6 Å². The van der Waals surface area contributed by atoms with Crippen LogP contribution in [0, 0.1) is 16.3 Å². The first-order valence-corrected chi connectivity index (χ1v) is 12.1. The first kappa shape index (κ1) is 27.9. The molecule has 0 unspecified atom stereocenters. The number of nitrogens with one attached hydrogen (secondary N) is 3. The number of amides is 3. The van der Waals surface area contributed by atoms with E-state index >= 15 is 0 Å². The van der Waals surface area contributed by atoms with Crippen molar-refractivity contribution in [2.75, 3.05) is 24.4 Å². The molecule has 0 bridgehead atoms. The summed E-state index contributed by atoms with van der Waals surface area (Å²) >= 11 is 8.00. The highest BCUT2D eigenvalue weighted by Gasteiger charge is 2.15. The zero-order valence-corrected chi connectivity index (χ0v) is 22.5. The minimum absolute atomic E-state index is 0.261. The molecule has 3 rings (SSSR count). The van der Waals surface area contributed by atoms with Gasteiger partial charge in [-0.25, -0.2) is 9.82 Å². The summed E-state index contributed by atoms with van der Waals surface area (Å²) in [6, 6.07) is 13.4.